The molecule has 2 aromatic heterocycles. The highest BCUT2D eigenvalue weighted by Crippen LogP contribution is 2.08. The molecule has 5 nitrogen and oxygen atoms in total. The summed E-state index contributed by atoms with van der Waals surface area (Å²) in [6.45, 7) is 1.10. The zero-order chi connectivity index (χ0) is 16.6. The second-order valence-corrected chi connectivity index (χ2v) is 5.50. The van der Waals surface area contributed by atoms with E-state index in [1.54, 1.807) is 30.7 Å². The number of rotatable bonds is 7. The van der Waals surface area contributed by atoms with Crippen molar-refractivity contribution in [2.45, 2.75) is 19.4 Å². The molecule has 0 aliphatic carbocycles. The number of esters is 1. The Morgan fingerprint density at radius 1 is 1.00 bits per heavy atom. The first-order valence-corrected chi connectivity index (χ1v) is 7.94. The van der Waals surface area contributed by atoms with E-state index < -0.39 is 0 Å². The van der Waals surface area contributed by atoms with E-state index in [2.05, 4.69) is 10.1 Å². The molecular weight excluding hydrogens is 302 g/mol. The van der Waals surface area contributed by atoms with E-state index in [-0.39, 0.29) is 5.97 Å². The number of ether oxygens (including phenoxy) is 1. The van der Waals surface area contributed by atoms with Gasteiger partial charge in [-0.15, -0.1) is 0 Å². The van der Waals surface area contributed by atoms with Gasteiger partial charge in [0, 0.05) is 24.8 Å². The normalized spacial score (nSPS) is 10.5. The van der Waals surface area contributed by atoms with Gasteiger partial charge in [0.25, 0.3) is 0 Å². The molecule has 0 saturated carbocycles. The van der Waals surface area contributed by atoms with Gasteiger partial charge >= 0.3 is 5.97 Å². The van der Waals surface area contributed by atoms with Crippen molar-refractivity contribution < 1.29 is 9.53 Å². The summed E-state index contributed by atoms with van der Waals surface area (Å²) in [6.07, 6.45) is 8.87. The highest BCUT2D eigenvalue weighted by Gasteiger charge is 2.07. The van der Waals surface area contributed by atoms with Crippen LogP contribution in [-0.4, -0.2) is 27.3 Å². The first-order valence-electron chi connectivity index (χ1n) is 7.94. The molecule has 3 aromatic rings. The van der Waals surface area contributed by atoms with Gasteiger partial charge in [-0.05, 0) is 54.3 Å². The van der Waals surface area contributed by atoms with Crippen LogP contribution >= 0.6 is 0 Å². The van der Waals surface area contributed by atoms with Gasteiger partial charge in [-0.1, -0.05) is 12.1 Å². The van der Waals surface area contributed by atoms with Gasteiger partial charge in [0.05, 0.1) is 18.7 Å². The maximum atomic E-state index is 12.0. The number of hydrogen-bond donors (Lipinski definition) is 0. The van der Waals surface area contributed by atoms with Crippen molar-refractivity contribution >= 4 is 5.97 Å². The molecule has 2 heterocycles. The van der Waals surface area contributed by atoms with Crippen LogP contribution in [0.25, 0.3) is 0 Å². The molecule has 0 saturated heterocycles. The van der Waals surface area contributed by atoms with Crippen LogP contribution in [0.3, 0.4) is 0 Å². The Bertz CT molecular complexity index is 753. The van der Waals surface area contributed by atoms with E-state index in [1.807, 2.05) is 41.2 Å². The number of pyridine rings is 1. The minimum absolute atomic E-state index is 0.282. The zero-order valence-corrected chi connectivity index (χ0v) is 13.3. The number of aromatic nitrogens is 3. The fourth-order valence-corrected chi connectivity index (χ4v) is 2.40. The third-order valence-electron chi connectivity index (χ3n) is 3.69. The fourth-order valence-electron chi connectivity index (χ4n) is 2.40. The summed E-state index contributed by atoms with van der Waals surface area (Å²) in [5.74, 6) is -0.282. The number of benzene rings is 1. The largest absolute Gasteiger partial charge is 0.462 e. The lowest BCUT2D eigenvalue weighted by molar-refractivity contribution is 0.0500. The van der Waals surface area contributed by atoms with Gasteiger partial charge in [-0.25, -0.2) is 4.79 Å². The van der Waals surface area contributed by atoms with Gasteiger partial charge in [0.2, 0.25) is 0 Å². The SMILES string of the molecule is O=C(OCCCc1ccncc1)c1ccc(Cn2cccn2)cc1. The van der Waals surface area contributed by atoms with Crippen LogP contribution in [0.2, 0.25) is 0 Å². The van der Waals surface area contributed by atoms with Crippen molar-refractivity contribution in [1.29, 1.82) is 0 Å². The van der Waals surface area contributed by atoms with E-state index in [0.29, 0.717) is 18.7 Å². The molecular formula is C19H19N3O2. The first-order chi connectivity index (χ1) is 11.8. The molecule has 0 unspecified atom stereocenters. The molecule has 0 amide bonds. The molecule has 0 atom stereocenters. The first kappa shape index (κ1) is 15.9. The van der Waals surface area contributed by atoms with Crippen molar-refractivity contribution in [1.82, 2.24) is 14.8 Å². The van der Waals surface area contributed by atoms with Crippen LogP contribution in [0.4, 0.5) is 0 Å². The summed E-state index contributed by atoms with van der Waals surface area (Å²) in [6, 6.07) is 13.3. The number of carbonyl (C=O) groups excluding carboxylic acids is 1. The lowest BCUT2D eigenvalue weighted by atomic mass is 10.1. The molecule has 5 heteroatoms. The molecule has 0 aliphatic rings. The van der Waals surface area contributed by atoms with Gasteiger partial charge in [0.1, 0.15) is 0 Å². The van der Waals surface area contributed by atoms with Gasteiger partial charge in [0.15, 0.2) is 0 Å². The lowest BCUT2D eigenvalue weighted by Gasteiger charge is -2.06. The lowest BCUT2D eigenvalue weighted by Crippen LogP contribution is -2.07. The summed E-state index contributed by atoms with van der Waals surface area (Å²) in [5, 5.41) is 4.17. The standard InChI is InChI=1S/C19H19N3O2/c23-19(24-14-1-3-16-8-11-20-12-9-16)18-6-4-17(5-7-18)15-22-13-2-10-21-22/h2,4-13H,1,3,14-15H2. The van der Waals surface area contributed by atoms with E-state index in [0.717, 1.165) is 18.4 Å². The van der Waals surface area contributed by atoms with E-state index in [4.69, 9.17) is 4.74 Å². The zero-order valence-electron chi connectivity index (χ0n) is 13.3. The topological polar surface area (TPSA) is 57.0 Å². The Labute approximate surface area is 140 Å². The average Bonchev–Trinajstić information content (AvgIpc) is 3.13. The maximum Gasteiger partial charge on any atom is 0.338 e. The highest BCUT2D eigenvalue weighted by atomic mass is 16.5. The molecule has 122 valence electrons. The van der Waals surface area contributed by atoms with E-state index in [1.165, 1.54) is 5.56 Å². The smallest absolute Gasteiger partial charge is 0.338 e. The van der Waals surface area contributed by atoms with Crippen molar-refractivity contribution in [3.05, 3.63) is 83.9 Å². The predicted molar refractivity (Wildman–Crippen MR) is 90.6 cm³/mol. The minimum atomic E-state index is -0.282. The van der Waals surface area contributed by atoms with Crippen LogP contribution < -0.4 is 0 Å². The Morgan fingerprint density at radius 2 is 1.79 bits per heavy atom. The maximum absolute atomic E-state index is 12.0. The summed E-state index contributed by atoms with van der Waals surface area (Å²) in [4.78, 5) is 16.0. The Hall–Kier alpha value is -2.95. The minimum Gasteiger partial charge on any atom is -0.462 e. The third-order valence-corrected chi connectivity index (χ3v) is 3.69. The molecule has 0 fully saturated rings. The second kappa shape index (κ2) is 8.06. The van der Waals surface area contributed by atoms with Crippen molar-refractivity contribution in [3.8, 4) is 0 Å². The van der Waals surface area contributed by atoms with Crippen LogP contribution in [0.15, 0.2) is 67.3 Å². The van der Waals surface area contributed by atoms with Crippen LogP contribution in [0.1, 0.15) is 27.9 Å². The van der Waals surface area contributed by atoms with Crippen molar-refractivity contribution in [2.24, 2.45) is 0 Å². The number of aryl methyl sites for hydroxylation is 1. The molecule has 24 heavy (non-hydrogen) atoms. The van der Waals surface area contributed by atoms with Crippen LogP contribution in [-0.2, 0) is 17.7 Å². The summed E-state index contributed by atoms with van der Waals surface area (Å²) < 4.78 is 7.16. The van der Waals surface area contributed by atoms with E-state index >= 15 is 0 Å². The van der Waals surface area contributed by atoms with Gasteiger partial charge in [-0.2, -0.15) is 5.10 Å². The predicted octanol–water partition coefficient (Wildman–Crippen LogP) is 3.12. The van der Waals surface area contributed by atoms with Crippen LogP contribution in [0.5, 0.6) is 0 Å². The summed E-state index contributed by atoms with van der Waals surface area (Å²) in [5.41, 5.74) is 2.86. The van der Waals surface area contributed by atoms with Crippen molar-refractivity contribution in [3.63, 3.8) is 0 Å². The van der Waals surface area contributed by atoms with Crippen molar-refractivity contribution in [2.75, 3.05) is 6.61 Å². The van der Waals surface area contributed by atoms with E-state index in [9.17, 15) is 4.79 Å². The molecule has 1 aromatic carbocycles. The third kappa shape index (κ3) is 4.52. The monoisotopic (exact) mass is 321 g/mol. The Balaban J connectivity index is 1.44. The molecule has 0 aliphatic heterocycles. The molecule has 0 spiro atoms. The quantitative estimate of drug-likeness (QED) is 0.495. The summed E-state index contributed by atoms with van der Waals surface area (Å²) >= 11 is 0. The number of hydrogen-bond acceptors (Lipinski definition) is 4. The average molecular weight is 321 g/mol. The molecule has 3 rings (SSSR count). The van der Waals surface area contributed by atoms with Crippen LogP contribution in [0, 0.1) is 0 Å². The Kier molecular flexibility index (Phi) is 5.35. The Morgan fingerprint density at radius 3 is 2.50 bits per heavy atom. The number of nitrogens with zero attached hydrogens (tertiary/aromatic N) is 3. The summed E-state index contributed by atoms with van der Waals surface area (Å²) in [7, 11) is 0. The van der Waals surface area contributed by atoms with Gasteiger partial charge < -0.3 is 4.74 Å². The van der Waals surface area contributed by atoms with Gasteiger partial charge in [-0.3, -0.25) is 9.67 Å². The molecule has 0 radical (unpaired) electrons. The second-order valence-electron chi connectivity index (χ2n) is 5.50. The molecule has 0 bridgehead atoms. The number of carbonyl (C=O) groups is 1. The molecule has 0 N–H and O–H groups in total. The highest BCUT2D eigenvalue weighted by molar-refractivity contribution is 5.89. The fraction of sp³-hybridized carbons (Fsp3) is 0.211.